The summed E-state index contributed by atoms with van der Waals surface area (Å²) in [7, 11) is 0. The largest absolute Gasteiger partial charge is 1.00 e. The number of carbonyl (C=O) groups excluding carboxylic acids is 10. The van der Waals surface area contributed by atoms with Crippen LogP contribution in [0.3, 0.4) is 0 Å². The van der Waals surface area contributed by atoms with Gasteiger partial charge in [-0.1, -0.05) is 184 Å². The second-order valence-corrected chi connectivity index (χ2v) is 22.5. The molecule has 25 nitrogen and oxygen atoms in total. The number of aliphatic hydroxyl groups is 1. The van der Waals surface area contributed by atoms with Crippen LogP contribution in [0.4, 0.5) is 9.59 Å². The molecule has 0 aliphatic rings. The molecule has 5 aromatic carbocycles. The third-order valence-electron chi connectivity index (χ3n) is 12.5. The minimum atomic E-state index is -1.29. The molecule has 0 fully saturated rings. The third kappa shape index (κ3) is 66.2. The van der Waals surface area contributed by atoms with E-state index in [1.165, 1.54) is 0 Å². The van der Waals surface area contributed by atoms with Gasteiger partial charge in [0.1, 0.15) is 33.0 Å². The minimum Gasteiger partial charge on any atom is -1.00 e. The van der Waals surface area contributed by atoms with E-state index in [0.717, 1.165) is 64.2 Å². The Hall–Kier alpha value is -6.84. The van der Waals surface area contributed by atoms with Crippen LogP contribution in [0.25, 0.3) is 0 Å². The Balaban J connectivity index is -0.00000122. The first-order valence-corrected chi connectivity index (χ1v) is 34.3. The number of benzene rings is 5. The number of quaternary nitrogens is 1. The number of esters is 4. The van der Waals surface area contributed by atoms with Gasteiger partial charge in [0, 0.05) is 61.6 Å². The summed E-state index contributed by atoms with van der Waals surface area (Å²) in [6, 6.07) is 46.9. The summed E-state index contributed by atoms with van der Waals surface area (Å²) < 4.78 is 30.1. The Morgan fingerprint density at radius 3 is 0.960 bits per heavy atom. The normalized spacial score (nSPS) is 9.62. The zero-order chi connectivity index (χ0) is 73.4. The monoisotopic (exact) mass is 1680 g/mol. The molecule has 5 rings (SSSR count). The molecule has 101 heavy (non-hydrogen) atoms. The molecule has 0 saturated carbocycles. The molecule has 29 heteroatoms. The number of ketones is 3. The summed E-state index contributed by atoms with van der Waals surface area (Å²) in [5.41, 5.74) is 8.01. The van der Waals surface area contributed by atoms with Crippen molar-refractivity contribution in [3.8, 4) is 0 Å². The topological polar surface area (TPSA) is 396 Å². The van der Waals surface area contributed by atoms with Gasteiger partial charge in [-0.25, -0.2) is 9.59 Å². The van der Waals surface area contributed by atoms with Gasteiger partial charge in [-0.05, 0) is 85.6 Å². The number of nitrogens with one attached hydrogen (secondary N) is 2. The molecule has 550 valence electrons. The quantitative estimate of drug-likeness (QED) is 0.0142. The Bertz CT molecular complexity index is 3060. The number of ether oxygens (including phenoxy) is 6. The summed E-state index contributed by atoms with van der Waals surface area (Å²) in [5.74, 6) is -4.93. The summed E-state index contributed by atoms with van der Waals surface area (Å²) in [5, 5.41) is 41.6. The van der Waals surface area contributed by atoms with Crippen molar-refractivity contribution in [2.75, 3.05) is 43.5 Å². The molecule has 0 unspecified atom stereocenters. The first kappa shape index (κ1) is 98.3. The fraction of sp³-hybridized carbons (Fsp3) is 0.417. The van der Waals surface area contributed by atoms with Gasteiger partial charge in [-0.15, -0.1) is 0 Å². The molecule has 0 aromatic heterocycles. The summed E-state index contributed by atoms with van der Waals surface area (Å²) >= 11 is 6.53. The average Bonchev–Trinajstić information content (AvgIpc) is 1.86. The Morgan fingerprint density at radius 1 is 0.366 bits per heavy atom. The number of alkyl halides is 2. The zero-order valence-electron chi connectivity index (χ0n) is 57.1. The molecule has 0 aliphatic heterocycles. The maximum atomic E-state index is 11.8. The van der Waals surface area contributed by atoms with Crippen molar-refractivity contribution >= 4 is 103 Å². The van der Waals surface area contributed by atoms with Gasteiger partial charge in [-0.3, -0.25) is 43.2 Å². The van der Waals surface area contributed by atoms with E-state index in [1.54, 1.807) is 12.1 Å². The average molecular weight is 1680 g/mol. The Morgan fingerprint density at radius 2 is 0.653 bits per heavy atom. The first-order valence-electron chi connectivity index (χ1n) is 32.0. The van der Waals surface area contributed by atoms with Gasteiger partial charge in [0.05, 0.1) is 45.8 Å². The maximum Gasteiger partial charge on any atom is 1.00 e. The molecule has 0 atom stereocenters. The number of aliphatic hydroxyl groups excluding tert-OH is 1. The van der Waals surface area contributed by atoms with E-state index in [9.17, 15) is 62.6 Å². The number of unbranched alkanes of at least 4 members (excludes halogenated alkanes) is 4. The van der Waals surface area contributed by atoms with Crippen molar-refractivity contribution in [3.05, 3.63) is 179 Å². The van der Waals surface area contributed by atoms with Crippen molar-refractivity contribution in [3.63, 3.8) is 0 Å². The van der Waals surface area contributed by atoms with E-state index in [0.29, 0.717) is 45.1 Å². The molecule has 0 saturated heterocycles. The minimum absolute atomic E-state index is 0. The van der Waals surface area contributed by atoms with E-state index >= 15 is 0 Å². The van der Waals surface area contributed by atoms with Crippen molar-refractivity contribution in [1.82, 2.24) is 10.6 Å². The zero-order valence-corrected chi connectivity index (χ0v) is 67.3. The van der Waals surface area contributed by atoms with Crippen LogP contribution in [-0.2, 0) is 109 Å². The van der Waals surface area contributed by atoms with E-state index < -0.39 is 42.0 Å². The number of carboxylic acids is 3. The number of carboxylic acid groups (broad SMARTS) is 3. The summed E-state index contributed by atoms with van der Waals surface area (Å²) in [6.45, 7) is 1.08. The molecule has 5 aromatic rings. The van der Waals surface area contributed by atoms with Gasteiger partial charge in [-0.2, -0.15) is 0 Å². The molecule has 2 amide bonds. The van der Waals surface area contributed by atoms with Gasteiger partial charge in [0.2, 0.25) is 0 Å². The molecule has 8 N–H and O–H groups in total. The second kappa shape index (κ2) is 68.9. The molecule has 0 aliphatic carbocycles. The van der Waals surface area contributed by atoms with Gasteiger partial charge in [0.15, 0.2) is 17.3 Å². The number of alkyl carbamates (subject to hydrolysis) is 2. The third-order valence-corrected chi connectivity index (χ3v) is 13.6. The number of amides is 2. The predicted molar refractivity (Wildman–Crippen MR) is 370 cm³/mol. The Labute approximate surface area is 671 Å². The van der Waals surface area contributed by atoms with Crippen LogP contribution < -0.4 is 103 Å². The predicted octanol–water partition coefficient (Wildman–Crippen LogP) is 3.22. The first-order chi connectivity index (χ1) is 47.7. The fourth-order valence-corrected chi connectivity index (χ4v) is 7.91. The second-order valence-electron chi connectivity index (χ2n) is 20.9. The standard InChI is InChI=1S/C25H29NO7.C13H15NO5.C12H15BrO2.C10H17NO5.C7H8O.C5H9BrO2.ClH.Cs/c27-22(17-26-25(30)33-19-21-11-5-2-6-12-21)14-15-24(29)31-16-8-7-13-23(28)32-18-20-9-3-1-4-10-20;15-11(6-7-12(16)17)8-14-13(18)19-9-10-4-2-1-3-5-10;13-9-5-4-8-12(14)15-10-11-6-2-1-3-7-11;11-7-8(12)4-5-10(15)16-6-2-1-3-9(13)14;8-6-7-4-2-1-3-5-7;6-4-2-1-3-5(7)8;;/h1-6,9-12H,7-8,13-19H2,(H,26,30);1-5H,6-9H2,(H,14,18)(H,16,17);1-3,6-7H,4-5,8-10H2;1-7,11H2,(H,13,14);1-5,8H,6H2;1-4H2,(H,7,8);1H;/q;;;;;;;+1/p-1. The van der Waals surface area contributed by atoms with Crippen molar-refractivity contribution < 1.29 is 193 Å². The number of Topliss-reactive ketones (excluding diaryl/α,β-unsaturated/α-hetero) is 3. The maximum absolute atomic E-state index is 11.8. The van der Waals surface area contributed by atoms with Crippen LogP contribution in [0, 0.1) is 0 Å². The smallest absolute Gasteiger partial charge is 1.00 e. The van der Waals surface area contributed by atoms with E-state index in [2.05, 4.69) is 48.2 Å². The van der Waals surface area contributed by atoms with Gasteiger partial charge in [0.25, 0.3) is 0 Å². The van der Waals surface area contributed by atoms with Gasteiger partial charge < -0.3 is 82.4 Å². The van der Waals surface area contributed by atoms with Crippen LogP contribution in [0.15, 0.2) is 152 Å². The molecule has 0 spiro atoms. The molecule has 0 bridgehead atoms. The number of carbonyl (C=O) groups is 12. The van der Waals surface area contributed by atoms with Crippen molar-refractivity contribution in [1.29, 1.82) is 0 Å². The number of hydrogen-bond acceptors (Lipinski definition) is 20. The van der Waals surface area contributed by atoms with Crippen LogP contribution in [0.1, 0.15) is 143 Å². The number of hydrogen-bond donors (Lipinski definition) is 6. The van der Waals surface area contributed by atoms with Crippen LogP contribution in [0.2, 0.25) is 0 Å². The number of rotatable bonds is 41. The Kier molecular flexibility index (Phi) is 67.1. The number of halogens is 3. The van der Waals surface area contributed by atoms with Crippen molar-refractivity contribution in [2.24, 2.45) is 0 Å². The van der Waals surface area contributed by atoms with E-state index in [-0.39, 0.29) is 221 Å². The van der Waals surface area contributed by atoms with Crippen LogP contribution in [0.5, 0.6) is 0 Å². The molecular formula is C72H93Br2ClCsN3O22. The summed E-state index contributed by atoms with van der Waals surface area (Å²) in [6.07, 6.45) is 5.05. The SMILES string of the molecule is O=C(CCC(=O)OCCCCC(=O)OCc1ccccc1)CNC(=O)OCc1ccccc1.O=C(CCCCBr)OCc1ccccc1.O=C(O)CCCCBr.O=C([O-])CCC(=O)CNC(=O)OCc1ccccc1.OCc1ccccc1.[Cl-].[Cs+].[NH3+]CC(=O)CCC(=O)OCCCCC(=O)O. The number of aliphatic carboxylic acids is 3. The van der Waals surface area contributed by atoms with Crippen LogP contribution >= 0.6 is 31.9 Å². The molecule has 0 heterocycles. The fourth-order valence-electron chi connectivity index (χ4n) is 7.12. The van der Waals surface area contributed by atoms with Crippen LogP contribution in [-0.4, -0.2) is 130 Å². The van der Waals surface area contributed by atoms with Crippen molar-refractivity contribution in [2.45, 2.75) is 149 Å². The van der Waals surface area contributed by atoms with E-state index in [4.69, 9.17) is 43.7 Å². The van der Waals surface area contributed by atoms with E-state index in [1.807, 2.05) is 140 Å². The summed E-state index contributed by atoms with van der Waals surface area (Å²) in [4.78, 5) is 133. The van der Waals surface area contributed by atoms with Gasteiger partial charge >= 0.3 is 117 Å². The molecular weight excluding hydrogens is 1590 g/mol. The molecule has 0 radical (unpaired) electrons.